The zero-order valence-electron chi connectivity index (χ0n) is 18.8. The van der Waals surface area contributed by atoms with Crippen LogP contribution in [0.3, 0.4) is 0 Å². The highest BCUT2D eigenvalue weighted by molar-refractivity contribution is 7.90. The fourth-order valence-corrected chi connectivity index (χ4v) is 4.60. The Morgan fingerprint density at radius 3 is 2.65 bits per heavy atom. The lowest BCUT2D eigenvalue weighted by atomic mass is 10.2. The second kappa shape index (κ2) is 11.1. The van der Waals surface area contributed by atoms with Crippen molar-refractivity contribution in [2.45, 2.75) is 50.8 Å². The van der Waals surface area contributed by atoms with E-state index in [4.69, 9.17) is 9.47 Å². The molecule has 1 heterocycles. The third kappa shape index (κ3) is 6.70. The van der Waals surface area contributed by atoms with Crippen molar-refractivity contribution >= 4 is 15.9 Å². The Kier molecular flexibility index (Phi) is 8.88. The number of benzene rings is 1. The van der Waals surface area contributed by atoms with Gasteiger partial charge in [-0.15, -0.1) is 0 Å². The van der Waals surface area contributed by atoms with Gasteiger partial charge in [0.2, 0.25) is 15.0 Å². The van der Waals surface area contributed by atoms with Gasteiger partial charge >= 0.3 is 6.03 Å². The Bertz CT molecular complexity index is 972. The van der Waals surface area contributed by atoms with Gasteiger partial charge in [0.05, 0.1) is 37.9 Å². The first kappa shape index (κ1) is 24.7. The molecule has 0 atom stereocenters. The standard InChI is InChI=1S/C21H32N4O5S/c1-6-24(20(26)23-16(2)3)14-18-13-22-21(25(18)10-11-29-4)31(27,28)15-17-8-7-9-19(12-17)30-5/h7-9,12-13,16H,6,10-11,14-15H2,1-5H3,(H,23,26). The van der Waals surface area contributed by atoms with Crippen LogP contribution >= 0.6 is 0 Å². The van der Waals surface area contributed by atoms with Crippen LogP contribution in [-0.4, -0.2) is 62.3 Å². The van der Waals surface area contributed by atoms with Crippen molar-refractivity contribution in [3.8, 4) is 5.75 Å². The van der Waals surface area contributed by atoms with Crippen molar-refractivity contribution in [3.05, 3.63) is 41.7 Å². The number of nitrogens with one attached hydrogen (secondary N) is 1. The van der Waals surface area contributed by atoms with E-state index in [1.54, 1.807) is 40.8 Å². The molecular weight excluding hydrogens is 420 g/mol. The zero-order chi connectivity index (χ0) is 23.0. The van der Waals surface area contributed by atoms with E-state index in [9.17, 15) is 13.2 Å². The molecule has 1 aromatic carbocycles. The van der Waals surface area contributed by atoms with Crippen LogP contribution in [0.4, 0.5) is 4.79 Å². The molecule has 0 fully saturated rings. The average molecular weight is 453 g/mol. The Labute approximate surface area is 184 Å². The highest BCUT2D eigenvalue weighted by Crippen LogP contribution is 2.21. The summed E-state index contributed by atoms with van der Waals surface area (Å²) in [6, 6.07) is 6.72. The first-order chi connectivity index (χ1) is 14.7. The molecule has 0 saturated heterocycles. The molecule has 10 heteroatoms. The molecule has 0 unspecified atom stereocenters. The van der Waals surface area contributed by atoms with Crippen LogP contribution in [0, 0.1) is 0 Å². The molecule has 0 bridgehead atoms. The SMILES string of the molecule is CCN(Cc1cnc(S(=O)(=O)Cc2cccc(OC)c2)n1CCOC)C(=O)NC(C)C. The lowest BCUT2D eigenvalue weighted by molar-refractivity contribution is 0.179. The van der Waals surface area contributed by atoms with Gasteiger partial charge in [-0.2, -0.15) is 0 Å². The number of carbonyl (C=O) groups excluding carboxylic acids is 1. The van der Waals surface area contributed by atoms with Crippen LogP contribution < -0.4 is 10.1 Å². The number of methoxy groups -OCH3 is 2. The Balaban J connectivity index is 2.34. The lowest BCUT2D eigenvalue weighted by Gasteiger charge is -2.23. The summed E-state index contributed by atoms with van der Waals surface area (Å²) in [6.07, 6.45) is 1.51. The maximum absolute atomic E-state index is 13.2. The van der Waals surface area contributed by atoms with Crippen LogP contribution in [-0.2, 0) is 33.4 Å². The number of rotatable bonds is 11. The van der Waals surface area contributed by atoms with E-state index < -0.39 is 9.84 Å². The summed E-state index contributed by atoms with van der Waals surface area (Å²) in [7, 11) is -0.654. The van der Waals surface area contributed by atoms with E-state index in [0.717, 1.165) is 0 Å². The maximum atomic E-state index is 13.2. The molecule has 9 nitrogen and oxygen atoms in total. The molecule has 0 spiro atoms. The number of hydrogen-bond donors (Lipinski definition) is 1. The second-order valence-electron chi connectivity index (χ2n) is 7.41. The van der Waals surface area contributed by atoms with E-state index in [1.165, 1.54) is 13.3 Å². The van der Waals surface area contributed by atoms with Gasteiger partial charge in [-0.25, -0.2) is 18.2 Å². The predicted molar refractivity (Wildman–Crippen MR) is 118 cm³/mol. The van der Waals surface area contributed by atoms with E-state index in [-0.39, 0.29) is 29.5 Å². The number of amides is 2. The van der Waals surface area contributed by atoms with Gasteiger partial charge < -0.3 is 24.3 Å². The molecular formula is C21H32N4O5S. The summed E-state index contributed by atoms with van der Waals surface area (Å²) in [5.74, 6) is 0.379. The van der Waals surface area contributed by atoms with Crippen LogP contribution in [0.25, 0.3) is 0 Å². The number of imidazole rings is 1. The topological polar surface area (TPSA) is 103 Å². The molecule has 172 valence electrons. The molecule has 0 radical (unpaired) electrons. The number of nitrogens with zero attached hydrogens (tertiary/aromatic N) is 3. The van der Waals surface area contributed by atoms with Crippen LogP contribution in [0.2, 0.25) is 0 Å². The van der Waals surface area contributed by atoms with Crippen LogP contribution in [0.15, 0.2) is 35.6 Å². The lowest BCUT2D eigenvalue weighted by Crippen LogP contribution is -2.42. The fraction of sp³-hybridized carbons (Fsp3) is 0.524. The van der Waals surface area contributed by atoms with Crippen LogP contribution in [0.5, 0.6) is 5.75 Å². The molecule has 0 aliphatic rings. The van der Waals surface area contributed by atoms with Crippen molar-refractivity contribution in [3.63, 3.8) is 0 Å². The third-order valence-corrected chi connectivity index (χ3v) is 6.22. The first-order valence-corrected chi connectivity index (χ1v) is 11.8. The van der Waals surface area contributed by atoms with Crippen molar-refractivity contribution in [2.24, 2.45) is 0 Å². The Morgan fingerprint density at radius 1 is 1.29 bits per heavy atom. The summed E-state index contributed by atoms with van der Waals surface area (Å²) in [6.45, 7) is 6.98. The van der Waals surface area contributed by atoms with Gasteiger partial charge in [0, 0.05) is 26.2 Å². The van der Waals surface area contributed by atoms with E-state index in [1.807, 2.05) is 20.8 Å². The number of sulfone groups is 1. The molecule has 0 saturated carbocycles. The minimum atomic E-state index is -3.74. The highest BCUT2D eigenvalue weighted by Gasteiger charge is 2.25. The molecule has 1 N–H and O–H groups in total. The Hall–Kier alpha value is -2.59. The largest absolute Gasteiger partial charge is 0.497 e. The van der Waals surface area contributed by atoms with Gasteiger partial charge in [0.25, 0.3) is 0 Å². The number of hydrogen-bond acceptors (Lipinski definition) is 6. The molecule has 0 aliphatic heterocycles. The number of carbonyl (C=O) groups is 1. The Morgan fingerprint density at radius 2 is 2.03 bits per heavy atom. The first-order valence-electron chi connectivity index (χ1n) is 10.2. The number of ether oxygens (including phenoxy) is 2. The number of urea groups is 1. The summed E-state index contributed by atoms with van der Waals surface area (Å²) >= 11 is 0. The molecule has 0 aliphatic carbocycles. The number of aromatic nitrogens is 2. The van der Waals surface area contributed by atoms with E-state index in [2.05, 4.69) is 10.3 Å². The van der Waals surface area contributed by atoms with Crippen molar-refractivity contribution in [1.82, 2.24) is 19.8 Å². The quantitative estimate of drug-likeness (QED) is 0.562. The van der Waals surface area contributed by atoms with Gasteiger partial charge in [-0.3, -0.25) is 0 Å². The predicted octanol–water partition coefficient (Wildman–Crippen LogP) is 2.45. The summed E-state index contributed by atoms with van der Waals surface area (Å²) in [5, 5.41) is 2.82. The second-order valence-corrected chi connectivity index (χ2v) is 9.29. The van der Waals surface area contributed by atoms with E-state index in [0.29, 0.717) is 36.7 Å². The van der Waals surface area contributed by atoms with Crippen LogP contribution in [0.1, 0.15) is 32.0 Å². The average Bonchev–Trinajstić information content (AvgIpc) is 3.13. The molecule has 31 heavy (non-hydrogen) atoms. The van der Waals surface area contributed by atoms with Gasteiger partial charge in [0.1, 0.15) is 5.75 Å². The zero-order valence-corrected chi connectivity index (χ0v) is 19.6. The minimum Gasteiger partial charge on any atom is -0.497 e. The van der Waals surface area contributed by atoms with Gasteiger partial charge in [0.15, 0.2) is 0 Å². The third-order valence-electron chi connectivity index (χ3n) is 4.62. The van der Waals surface area contributed by atoms with Gasteiger partial charge in [-0.05, 0) is 38.5 Å². The molecule has 2 rings (SSSR count). The summed E-state index contributed by atoms with van der Waals surface area (Å²) in [4.78, 5) is 18.3. The molecule has 1 aromatic heterocycles. The summed E-state index contributed by atoms with van der Waals surface area (Å²) < 4.78 is 38.3. The van der Waals surface area contributed by atoms with E-state index >= 15 is 0 Å². The monoisotopic (exact) mass is 452 g/mol. The minimum absolute atomic E-state index is 0.00115. The molecule has 2 aromatic rings. The van der Waals surface area contributed by atoms with Crippen molar-refractivity contribution in [2.75, 3.05) is 27.4 Å². The van der Waals surface area contributed by atoms with Gasteiger partial charge in [-0.1, -0.05) is 12.1 Å². The van der Waals surface area contributed by atoms with Crippen molar-refractivity contribution < 1.29 is 22.7 Å². The fourth-order valence-electron chi connectivity index (χ4n) is 3.10. The van der Waals surface area contributed by atoms with Crippen molar-refractivity contribution in [1.29, 1.82) is 0 Å². The highest BCUT2D eigenvalue weighted by atomic mass is 32.2. The molecule has 2 amide bonds. The normalized spacial score (nSPS) is 11.5. The maximum Gasteiger partial charge on any atom is 0.317 e. The summed E-state index contributed by atoms with van der Waals surface area (Å²) in [5.41, 5.74) is 1.23. The smallest absolute Gasteiger partial charge is 0.317 e.